The molecular weight excluding hydrogens is 150 g/mol. The van der Waals surface area contributed by atoms with Crippen molar-refractivity contribution in [1.82, 2.24) is 10.2 Å². The highest BCUT2D eigenvalue weighted by Gasteiger charge is 2.21. The van der Waals surface area contributed by atoms with Gasteiger partial charge in [-0.05, 0) is 13.3 Å². The molecule has 0 aromatic carbocycles. The van der Waals surface area contributed by atoms with Crippen LogP contribution in [0.3, 0.4) is 0 Å². The molecule has 0 amide bonds. The summed E-state index contributed by atoms with van der Waals surface area (Å²) in [4.78, 5) is 2.27. The Bertz CT molecular complexity index is 173. The van der Waals surface area contributed by atoms with Gasteiger partial charge in [-0.2, -0.15) is 5.26 Å². The Hall–Kier alpha value is -0.590. The van der Waals surface area contributed by atoms with Crippen LogP contribution < -0.4 is 5.32 Å². The average molecular weight is 167 g/mol. The molecular formula is C9H17N3. The van der Waals surface area contributed by atoms with Crippen LogP contribution in [-0.4, -0.2) is 36.6 Å². The number of nitrogens with zero attached hydrogens (tertiary/aromatic N) is 2. The van der Waals surface area contributed by atoms with E-state index < -0.39 is 0 Å². The number of nitriles is 1. The average Bonchev–Trinajstić information content (AvgIpc) is 2.07. The van der Waals surface area contributed by atoms with Crippen molar-refractivity contribution in [1.29, 1.82) is 5.26 Å². The molecule has 3 nitrogen and oxygen atoms in total. The van der Waals surface area contributed by atoms with Gasteiger partial charge >= 0.3 is 0 Å². The summed E-state index contributed by atoms with van der Waals surface area (Å²) in [6.07, 6.45) is 0.934. The monoisotopic (exact) mass is 167 g/mol. The normalized spacial score (nSPS) is 27.9. The third kappa shape index (κ3) is 2.20. The molecule has 1 rings (SSSR count). The van der Waals surface area contributed by atoms with Crippen LogP contribution in [0.4, 0.5) is 0 Å². The van der Waals surface area contributed by atoms with Gasteiger partial charge in [0, 0.05) is 25.7 Å². The third-order valence-corrected chi connectivity index (χ3v) is 2.38. The highest BCUT2D eigenvalue weighted by Crippen LogP contribution is 2.06. The molecule has 68 valence electrons. The summed E-state index contributed by atoms with van der Waals surface area (Å²) >= 11 is 0. The van der Waals surface area contributed by atoms with Crippen LogP contribution in [0.1, 0.15) is 20.3 Å². The number of hydrogen-bond donors (Lipinski definition) is 1. The zero-order valence-corrected chi connectivity index (χ0v) is 7.88. The van der Waals surface area contributed by atoms with E-state index in [4.69, 9.17) is 5.26 Å². The van der Waals surface area contributed by atoms with Gasteiger partial charge in [0.05, 0.1) is 12.1 Å². The third-order valence-electron chi connectivity index (χ3n) is 2.38. The van der Waals surface area contributed by atoms with E-state index in [-0.39, 0.29) is 6.04 Å². The predicted molar refractivity (Wildman–Crippen MR) is 48.7 cm³/mol. The number of hydrogen-bond acceptors (Lipinski definition) is 3. The van der Waals surface area contributed by atoms with Gasteiger partial charge in [0.25, 0.3) is 0 Å². The lowest BCUT2D eigenvalue weighted by atomic mass is 10.1. The van der Waals surface area contributed by atoms with Crippen molar-refractivity contribution in [3.8, 4) is 6.07 Å². The Morgan fingerprint density at radius 1 is 1.75 bits per heavy atom. The fourth-order valence-electron chi connectivity index (χ4n) is 1.68. The van der Waals surface area contributed by atoms with E-state index in [1.165, 1.54) is 0 Å². The van der Waals surface area contributed by atoms with Gasteiger partial charge in [-0.3, -0.25) is 4.90 Å². The van der Waals surface area contributed by atoms with Crippen LogP contribution in [0.15, 0.2) is 0 Å². The Labute approximate surface area is 74.4 Å². The Morgan fingerprint density at radius 3 is 3.00 bits per heavy atom. The molecule has 0 aliphatic carbocycles. The maximum atomic E-state index is 8.85. The fourth-order valence-corrected chi connectivity index (χ4v) is 1.68. The lowest BCUT2D eigenvalue weighted by Gasteiger charge is -2.34. The molecule has 12 heavy (non-hydrogen) atoms. The first-order valence-corrected chi connectivity index (χ1v) is 4.65. The minimum atomic E-state index is 0.120. The van der Waals surface area contributed by atoms with E-state index in [1.807, 2.05) is 0 Å². The number of nitrogens with one attached hydrogen (secondary N) is 1. The Kier molecular flexibility index (Phi) is 3.51. The summed E-state index contributed by atoms with van der Waals surface area (Å²) in [6.45, 7) is 7.26. The van der Waals surface area contributed by atoms with Crippen LogP contribution >= 0.6 is 0 Å². The van der Waals surface area contributed by atoms with Crippen LogP contribution in [0.2, 0.25) is 0 Å². The zero-order valence-electron chi connectivity index (χ0n) is 7.88. The molecule has 0 radical (unpaired) electrons. The number of piperazine rings is 1. The van der Waals surface area contributed by atoms with Gasteiger partial charge in [-0.25, -0.2) is 0 Å². The smallest absolute Gasteiger partial charge is 0.0976 e. The van der Waals surface area contributed by atoms with Crippen LogP contribution in [-0.2, 0) is 0 Å². The van der Waals surface area contributed by atoms with Crippen molar-refractivity contribution in [2.45, 2.75) is 32.4 Å². The predicted octanol–water partition coefficient (Wildman–Crippen LogP) is 0.582. The molecule has 1 aliphatic rings. The van der Waals surface area contributed by atoms with Crippen molar-refractivity contribution in [2.24, 2.45) is 0 Å². The first-order valence-electron chi connectivity index (χ1n) is 4.65. The number of rotatable bonds is 2. The highest BCUT2D eigenvalue weighted by molar-refractivity contribution is 4.93. The standard InChI is InChI=1S/C9H17N3/c1-3-9(6-10)12-5-4-11-8(2)7-12/h8-9,11H,3-5,7H2,1-2H3. The van der Waals surface area contributed by atoms with Crippen LogP contribution in [0.25, 0.3) is 0 Å². The second kappa shape index (κ2) is 4.44. The van der Waals surface area contributed by atoms with E-state index in [9.17, 15) is 0 Å². The van der Waals surface area contributed by atoms with Crippen molar-refractivity contribution >= 4 is 0 Å². The largest absolute Gasteiger partial charge is 0.312 e. The van der Waals surface area contributed by atoms with Gasteiger partial charge in [0.15, 0.2) is 0 Å². The van der Waals surface area contributed by atoms with E-state index in [0.29, 0.717) is 6.04 Å². The summed E-state index contributed by atoms with van der Waals surface area (Å²) in [5.74, 6) is 0. The van der Waals surface area contributed by atoms with Crippen LogP contribution in [0.5, 0.6) is 0 Å². The van der Waals surface area contributed by atoms with Crippen molar-refractivity contribution in [3.63, 3.8) is 0 Å². The molecule has 1 N–H and O–H groups in total. The van der Waals surface area contributed by atoms with Crippen LogP contribution in [0, 0.1) is 11.3 Å². The highest BCUT2D eigenvalue weighted by atomic mass is 15.2. The van der Waals surface area contributed by atoms with E-state index in [1.54, 1.807) is 0 Å². The molecule has 0 saturated carbocycles. The van der Waals surface area contributed by atoms with E-state index in [2.05, 4.69) is 30.1 Å². The lowest BCUT2D eigenvalue weighted by molar-refractivity contribution is 0.174. The van der Waals surface area contributed by atoms with E-state index >= 15 is 0 Å². The molecule has 0 aromatic heterocycles. The summed E-state index contributed by atoms with van der Waals surface area (Å²) in [6, 6.07) is 2.99. The van der Waals surface area contributed by atoms with Gasteiger partial charge < -0.3 is 5.32 Å². The summed E-state index contributed by atoms with van der Waals surface area (Å²) in [7, 11) is 0. The van der Waals surface area contributed by atoms with E-state index in [0.717, 1.165) is 26.1 Å². The molecule has 0 aromatic rings. The van der Waals surface area contributed by atoms with Gasteiger partial charge in [-0.1, -0.05) is 6.92 Å². The zero-order chi connectivity index (χ0) is 8.97. The first kappa shape index (κ1) is 9.50. The van der Waals surface area contributed by atoms with Crippen molar-refractivity contribution < 1.29 is 0 Å². The molecule has 2 unspecified atom stereocenters. The molecule has 2 atom stereocenters. The maximum Gasteiger partial charge on any atom is 0.0976 e. The second-order valence-corrected chi connectivity index (χ2v) is 3.40. The SMILES string of the molecule is CCC(C#N)N1CCNC(C)C1. The topological polar surface area (TPSA) is 39.1 Å². The molecule has 1 heterocycles. The summed E-state index contributed by atoms with van der Waals surface area (Å²) < 4.78 is 0. The quantitative estimate of drug-likeness (QED) is 0.654. The van der Waals surface area contributed by atoms with Gasteiger partial charge in [-0.15, -0.1) is 0 Å². The first-order chi connectivity index (χ1) is 5.77. The minimum Gasteiger partial charge on any atom is -0.312 e. The minimum absolute atomic E-state index is 0.120. The summed E-state index contributed by atoms with van der Waals surface area (Å²) in [5.41, 5.74) is 0. The molecule has 0 bridgehead atoms. The fraction of sp³-hybridized carbons (Fsp3) is 0.889. The molecule has 3 heteroatoms. The summed E-state index contributed by atoms with van der Waals surface area (Å²) in [5, 5.41) is 12.2. The molecule has 1 aliphatic heterocycles. The Morgan fingerprint density at radius 2 is 2.50 bits per heavy atom. The second-order valence-electron chi connectivity index (χ2n) is 3.40. The molecule has 0 spiro atoms. The van der Waals surface area contributed by atoms with Gasteiger partial charge in [0.1, 0.15) is 0 Å². The van der Waals surface area contributed by atoms with Crippen molar-refractivity contribution in [2.75, 3.05) is 19.6 Å². The Balaban J connectivity index is 2.45. The maximum absolute atomic E-state index is 8.85. The lowest BCUT2D eigenvalue weighted by Crippen LogP contribution is -2.52. The molecule has 1 fully saturated rings. The van der Waals surface area contributed by atoms with Crippen molar-refractivity contribution in [3.05, 3.63) is 0 Å². The van der Waals surface area contributed by atoms with Gasteiger partial charge in [0.2, 0.25) is 0 Å². The molecule has 1 saturated heterocycles.